The Labute approximate surface area is 193 Å². The van der Waals surface area contributed by atoms with E-state index in [0.29, 0.717) is 12.3 Å². The molecule has 4 rings (SSSR count). The van der Waals surface area contributed by atoms with E-state index < -0.39 is 5.97 Å². The van der Waals surface area contributed by atoms with Crippen LogP contribution in [0.5, 0.6) is 0 Å². The molecule has 1 amide bonds. The Morgan fingerprint density at radius 3 is 2.58 bits per heavy atom. The van der Waals surface area contributed by atoms with Crippen LogP contribution in [0.4, 0.5) is 0 Å². The fourth-order valence-electron chi connectivity index (χ4n) is 4.50. The summed E-state index contributed by atoms with van der Waals surface area (Å²) in [4.78, 5) is 27.2. The average Bonchev–Trinajstić information content (AvgIpc) is 3.18. The molecule has 1 atom stereocenters. The summed E-state index contributed by atoms with van der Waals surface area (Å²) in [5, 5.41) is 15.6. The molecule has 1 unspecified atom stereocenters. The number of nitrogens with one attached hydrogen (secondary N) is 2. The molecule has 0 saturated heterocycles. The number of benzene rings is 3. The Balaban J connectivity index is 1.54. The van der Waals surface area contributed by atoms with Gasteiger partial charge in [0.15, 0.2) is 0 Å². The number of hydrogen-bond acceptors (Lipinski definition) is 2. The predicted octanol–water partition coefficient (Wildman–Crippen LogP) is 5.78. The van der Waals surface area contributed by atoms with Crippen molar-refractivity contribution in [2.45, 2.75) is 45.6 Å². The van der Waals surface area contributed by atoms with Crippen LogP contribution in [0.3, 0.4) is 0 Å². The molecule has 33 heavy (non-hydrogen) atoms. The number of carboxylic acids is 1. The third-order valence-corrected chi connectivity index (χ3v) is 6.05. The molecule has 1 heterocycles. The minimum absolute atomic E-state index is 0.0180. The lowest BCUT2D eigenvalue weighted by Gasteiger charge is -2.23. The molecule has 0 aliphatic carbocycles. The van der Waals surface area contributed by atoms with Crippen molar-refractivity contribution in [2.75, 3.05) is 0 Å². The van der Waals surface area contributed by atoms with Gasteiger partial charge in [-0.1, -0.05) is 62.4 Å². The normalized spacial score (nSPS) is 12.3. The molecule has 4 aromatic rings. The van der Waals surface area contributed by atoms with Crippen LogP contribution in [0.1, 0.15) is 49.4 Å². The SMILES string of the molecule is CC(C)CC(NC(=O)Cc1ccc2[nH]cc(CCC(=O)O)c2c1)c1cccc2ccccc12. The molecule has 0 radical (unpaired) electrons. The average molecular weight is 443 g/mol. The van der Waals surface area contributed by atoms with Gasteiger partial charge in [0.05, 0.1) is 12.5 Å². The molecule has 0 aliphatic heterocycles. The monoisotopic (exact) mass is 442 g/mol. The van der Waals surface area contributed by atoms with Gasteiger partial charge in [-0.3, -0.25) is 9.59 Å². The van der Waals surface area contributed by atoms with Gasteiger partial charge in [0, 0.05) is 23.5 Å². The van der Waals surface area contributed by atoms with Crippen molar-refractivity contribution in [1.29, 1.82) is 0 Å². The van der Waals surface area contributed by atoms with Gasteiger partial charge in [-0.15, -0.1) is 0 Å². The first-order chi connectivity index (χ1) is 15.9. The minimum Gasteiger partial charge on any atom is -0.481 e. The quantitative estimate of drug-likeness (QED) is 0.307. The maximum absolute atomic E-state index is 13.1. The number of aryl methyl sites for hydroxylation is 1. The third-order valence-electron chi connectivity index (χ3n) is 6.05. The van der Waals surface area contributed by atoms with Crippen LogP contribution in [-0.4, -0.2) is 22.0 Å². The number of rotatable bonds is 9. The maximum atomic E-state index is 13.1. The number of fused-ring (bicyclic) bond motifs is 2. The van der Waals surface area contributed by atoms with E-state index in [0.717, 1.165) is 34.0 Å². The summed E-state index contributed by atoms with van der Waals surface area (Å²) in [6.45, 7) is 4.34. The van der Waals surface area contributed by atoms with Gasteiger partial charge >= 0.3 is 5.97 Å². The van der Waals surface area contributed by atoms with Gasteiger partial charge in [0.2, 0.25) is 5.91 Å². The van der Waals surface area contributed by atoms with E-state index in [2.05, 4.69) is 54.5 Å². The van der Waals surface area contributed by atoms with Crippen LogP contribution in [0, 0.1) is 5.92 Å². The fourth-order valence-corrected chi connectivity index (χ4v) is 4.50. The number of aromatic amines is 1. The van der Waals surface area contributed by atoms with E-state index in [1.54, 1.807) is 0 Å². The molecule has 1 aromatic heterocycles. The van der Waals surface area contributed by atoms with Crippen LogP contribution in [0.25, 0.3) is 21.7 Å². The number of amides is 1. The standard InChI is InChI=1S/C28H30N2O3/c1-18(2)14-26(23-9-5-7-20-6-3-4-8-22(20)23)30-27(31)16-19-10-12-25-24(15-19)21(17-29-25)11-13-28(32)33/h3-10,12,15,17-18,26,29H,11,13-14,16H2,1-2H3,(H,30,31)(H,32,33). The first kappa shape index (κ1) is 22.6. The fraction of sp³-hybridized carbons (Fsp3) is 0.286. The molecule has 5 nitrogen and oxygen atoms in total. The number of aliphatic carboxylic acids is 1. The number of hydrogen-bond donors (Lipinski definition) is 3. The van der Waals surface area contributed by atoms with Crippen LogP contribution < -0.4 is 5.32 Å². The van der Waals surface area contributed by atoms with Gasteiger partial charge in [0.1, 0.15) is 0 Å². The number of carbonyl (C=O) groups excluding carboxylic acids is 1. The van der Waals surface area contributed by atoms with Crippen molar-refractivity contribution >= 4 is 33.6 Å². The highest BCUT2D eigenvalue weighted by molar-refractivity contribution is 5.88. The molecular weight excluding hydrogens is 412 g/mol. The second-order valence-electron chi connectivity index (χ2n) is 9.08. The number of H-pyrrole nitrogens is 1. The highest BCUT2D eigenvalue weighted by Crippen LogP contribution is 2.29. The minimum atomic E-state index is -0.815. The molecule has 0 saturated carbocycles. The predicted molar refractivity (Wildman–Crippen MR) is 132 cm³/mol. The van der Waals surface area contributed by atoms with Crippen LogP contribution in [0.15, 0.2) is 66.9 Å². The summed E-state index contributed by atoms with van der Waals surface area (Å²) in [5.74, 6) is -0.401. The molecule has 3 N–H and O–H groups in total. The Kier molecular flexibility index (Phi) is 6.78. The summed E-state index contributed by atoms with van der Waals surface area (Å²) in [6.07, 6.45) is 3.54. The Bertz CT molecular complexity index is 1280. The van der Waals surface area contributed by atoms with E-state index >= 15 is 0 Å². The number of carbonyl (C=O) groups is 2. The lowest BCUT2D eigenvalue weighted by molar-refractivity contribution is -0.137. The zero-order valence-corrected chi connectivity index (χ0v) is 19.1. The number of aromatic nitrogens is 1. The Hall–Kier alpha value is -3.60. The van der Waals surface area contributed by atoms with E-state index in [-0.39, 0.29) is 24.8 Å². The van der Waals surface area contributed by atoms with Crippen molar-refractivity contribution in [3.63, 3.8) is 0 Å². The zero-order chi connectivity index (χ0) is 23.4. The smallest absolute Gasteiger partial charge is 0.303 e. The van der Waals surface area contributed by atoms with Gasteiger partial charge in [-0.05, 0) is 58.4 Å². The number of carboxylic acid groups (broad SMARTS) is 1. The molecule has 0 bridgehead atoms. The van der Waals surface area contributed by atoms with Crippen molar-refractivity contribution in [3.05, 3.63) is 83.6 Å². The molecule has 3 aromatic carbocycles. The van der Waals surface area contributed by atoms with Crippen LogP contribution in [-0.2, 0) is 22.4 Å². The second kappa shape index (κ2) is 9.90. The van der Waals surface area contributed by atoms with E-state index in [1.165, 1.54) is 10.8 Å². The first-order valence-electron chi connectivity index (χ1n) is 11.5. The lowest BCUT2D eigenvalue weighted by Crippen LogP contribution is -2.31. The summed E-state index contributed by atoms with van der Waals surface area (Å²) < 4.78 is 0. The maximum Gasteiger partial charge on any atom is 0.303 e. The third kappa shape index (κ3) is 5.43. The van der Waals surface area contributed by atoms with Gasteiger partial charge in [0.25, 0.3) is 0 Å². The van der Waals surface area contributed by atoms with E-state index in [4.69, 9.17) is 5.11 Å². The van der Waals surface area contributed by atoms with Gasteiger partial charge in [-0.25, -0.2) is 0 Å². The van der Waals surface area contributed by atoms with E-state index in [1.807, 2.05) is 36.5 Å². The highest BCUT2D eigenvalue weighted by Gasteiger charge is 2.19. The van der Waals surface area contributed by atoms with Crippen molar-refractivity contribution < 1.29 is 14.7 Å². The topological polar surface area (TPSA) is 82.2 Å². The molecular formula is C28H30N2O3. The molecule has 0 aliphatic rings. The Morgan fingerprint density at radius 2 is 1.79 bits per heavy atom. The summed E-state index contributed by atoms with van der Waals surface area (Å²) >= 11 is 0. The molecule has 5 heteroatoms. The van der Waals surface area contributed by atoms with Crippen molar-refractivity contribution in [2.24, 2.45) is 5.92 Å². The Morgan fingerprint density at radius 1 is 1.00 bits per heavy atom. The summed E-state index contributed by atoms with van der Waals surface area (Å²) in [7, 11) is 0. The lowest BCUT2D eigenvalue weighted by atomic mass is 9.92. The van der Waals surface area contributed by atoms with Gasteiger partial charge < -0.3 is 15.4 Å². The van der Waals surface area contributed by atoms with Crippen molar-refractivity contribution in [1.82, 2.24) is 10.3 Å². The highest BCUT2D eigenvalue weighted by atomic mass is 16.4. The molecule has 0 spiro atoms. The largest absolute Gasteiger partial charge is 0.481 e. The summed E-state index contributed by atoms with van der Waals surface area (Å²) in [6, 6.07) is 20.4. The van der Waals surface area contributed by atoms with Crippen molar-refractivity contribution in [3.8, 4) is 0 Å². The first-order valence-corrected chi connectivity index (χ1v) is 11.5. The summed E-state index contributed by atoms with van der Waals surface area (Å²) in [5.41, 5.74) is 3.97. The molecule has 0 fully saturated rings. The second-order valence-corrected chi connectivity index (χ2v) is 9.08. The van der Waals surface area contributed by atoms with Gasteiger partial charge in [-0.2, -0.15) is 0 Å². The van der Waals surface area contributed by atoms with E-state index in [9.17, 15) is 9.59 Å². The zero-order valence-electron chi connectivity index (χ0n) is 19.1. The van der Waals surface area contributed by atoms with Crippen LogP contribution >= 0.6 is 0 Å². The van der Waals surface area contributed by atoms with Crippen LogP contribution in [0.2, 0.25) is 0 Å². The molecule has 170 valence electrons.